The zero-order chi connectivity index (χ0) is 32.6. The van der Waals surface area contributed by atoms with E-state index in [2.05, 4.69) is 120 Å². The van der Waals surface area contributed by atoms with Gasteiger partial charge in [0.05, 0.1) is 17.1 Å². The number of hydrogen-bond acceptors (Lipinski definition) is 2. The van der Waals surface area contributed by atoms with Crippen LogP contribution >= 0.6 is 0 Å². The summed E-state index contributed by atoms with van der Waals surface area (Å²) < 4.78 is 0. The highest BCUT2D eigenvalue weighted by Crippen LogP contribution is 2.39. The van der Waals surface area contributed by atoms with E-state index in [9.17, 15) is 0 Å². The highest BCUT2D eigenvalue weighted by Gasteiger charge is 2.15. The van der Waals surface area contributed by atoms with Gasteiger partial charge in [-0.05, 0) is 115 Å². The van der Waals surface area contributed by atoms with Crippen molar-refractivity contribution >= 4 is 23.3 Å². The van der Waals surface area contributed by atoms with E-state index in [4.69, 9.17) is 9.98 Å². The zero-order valence-electron chi connectivity index (χ0n) is 29.2. The molecule has 242 valence electrons. The van der Waals surface area contributed by atoms with Crippen molar-refractivity contribution in [1.82, 2.24) is 0 Å². The highest BCUT2D eigenvalue weighted by atomic mass is 14.8. The summed E-state index contributed by atoms with van der Waals surface area (Å²) >= 11 is 0. The lowest BCUT2D eigenvalue weighted by atomic mass is 9.88. The van der Waals surface area contributed by atoms with Crippen molar-refractivity contribution < 1.29 is 0 Å². The summed E-state index contributed by atoms with van der Waals surface area (Å²) in [7, 11) is 0. The first-order valence-corrected chi connectivity index (χ1v) is 18.0. The van der Waals surface area contributed by atoms with Crippen molar-refractivity contribution in [2.24, 2.45) is 9.98 Å². The molecule has 2 heteroatoms. The molecule has 0 radical (unpaired) electrons. The van der Waals surface area contributed by atoms with Crippen molar-refractivity contribution in [3.8, 4) is 22.3 Å². The minimum atomic E-state index is 0.925. The Balaban J connectivity index is 1.68. The van der Waals surface area contributed by atoms with Crippen LogP contribution in [0.1, 0.15) is 114 Å². The maximum atomic E-state index is 5.05. The molecule has 0 aromatic heterocycles. The average Bonchev–Trinajstić information content (AvgIpc) is 3.09. The molecule has 4 aromatic carbocycles. The van der Waals surface area contributed by atoms with E-state index in [1.807, 2.05) is 6.21 Å². The van der Waals surface area contributed by atoms with Crippen LogP contribution in [0.4, 0.5) is 11.4 Å². The van der Waals surface area contributed by atoms with E-state index in [0.717, 1.165) is 36.3 Å². The van der Waals surface area contributed by atoms with Crippen LogP contribution in [0.5, 0.6) is 0 Å². The number of hydrogen-bond donors (Lipinski definition) is 0. The summed E-state index contributed by atoms with van der Waals surface area (Å²) in [6.07, 6.45) is 18.0. The Morgan fingerprint density at radius 2 is 1.13 bits per heavy atom. The quantitative estimate of drug-likeness (QED) is 0.0789. The molecule has 0 saturated carbocycles. The van der Waals surface area contributed by atoms with Crippen LogP contribution in [-0.2, 0) is 19.3 Å². The maximum Gasteiger partial charge on any atom is 0.0639 e. The van der Waals surface area contributed by atoms with E-state index in [-0.39, 0.29) is 0 Å². The lowest BCUT2D eigenvalue weighted by Gasteiger charge is -2.17. The average molecular weight is 613 g/mol. The van der Waals surface area contributed by atoms with E-state index in [0.29, 0.717) is 0 Å². The summed E-state index contributed by atoms with van der Waals surface area (Å²) in [6, 6.07) is 30.9. The molecule has 0 bridgehead atoms. The predicted molar refractivity (Wildman–Crippen MR) is 204 cm³/mol. The second-order valence-electron chi connectivity index (χ2n) is 12.8. The SMILES string of the molecule is CCCCCCCCc1cc(N=CC(C)=Nc2cc(CC)c(C)c(CCCCCC)c2)cc(-c2ccccc2)c1-c1ccccc1. The Hall–Kier alpha value is -3.78. The van der Waals surface area contributed by atoms with Crippen LogP contribution in [0.15, 0.2) is 94.9 Å². The minimum absolute atomic E-state index is 0.925. The third kappa shape index (κ3) is 10.4. The third-order valence-corrected chi connectivity index (χ3v) is 9.15. The number of nitrogens with zero attached hydrogens (tertiary/aromatic N) is 2. The molecule has 0 aliphatic heterocycles. The Morgan fingerprint density at radius 1 is 0.587 bits per heavy atom. The summed E-state index contributed by atoms with van der Waals surface area (Å²) in [6.45, 7) is 11.2. The minimum Gasteiger partial charge on any atom is -0.255 e. The molecule has 0 unspecified atom stereocenters. The first kappa shape index (κ1) is 35.1. The molecule has 0 heterocycles. The Morgan fingerprint density at radius 3 is 1.78 bits per heavy atom. The summed E-state index contributed by atoms with van der Waals surface area (Å²) in [4.78, 5) is 10.1. The van der Waals surface area contributed by atoms with E-state index in [1.165, 1.54) is 109 Å². The van der Waals surface area contributed by atoms with Gasteiger partial charge in [-0.15, -0.1) is 0 Å². The van der Waals surface area contributed by atoms with Gasteiger partial charge in [-0.3, -0.25) is 9.98 Å². The van der Waals surface area contributed by atoms with Crippen molar-refractivity contribution in [3.63, 3.8) is 0 Å². The van der Waals surface area contributed by atoms with Gasteiger partial charge in [-0.2, -0.15) is 0 Å². The Kier molecular flexibility index (Phi) is 14.5. The summed E-state index contributed by atoms with van der Waals surface area (Å²) in [5.41, 5.74) is 13.7. The fourth-order valence-corrected chi connectivity index (χ4v) is 6.50. The van der Waals surface area contributed by atoms with E-state index in [1.54, 1.807) is 0 Å². The smallest absolute Gasteiger partial charge is 0.0639 e. The molecule has 0 saturated heterocycles. The fraction of sp³-hybridized carbons (Fsp3) is 0.409. The van der Waals surface area contributed by atoms with Crippen LogP contribution in [0, 0.1) is 6.92 Å². The molecule has 0 atom stereocenters. The van der Waals surface area contributed by atoms with Gasteiger partial charge in [0.15, 0.2) is 0 Å². The van der Waals surface area contributed by atoms with Crippen LogP contribution in [0.3, 0.4) is 0 Å². The highest BCUT2D eigenvalue weighted by molar-refractivity contribution is 6.30. The van der Waals surface area contributed by atoms with E-state index >= 15 is 0 Å². The molecular formula is C44H56N2. The number of aryl methyl sites for hydroxylation is 3. The number of benzene rings is 4. The molecule has 0 aliphatic carbocycles. The van der Waals surface area contributed by atoms with Gasteiger partial charge in [-0.1, -0.05) is 133 Å². The van der Waals surface area contributed by atoms with Gasteiger partial charge >= 0.3 is 0 Å². The van der Waals surface area contributed by atoms with E-state index < -0.39 is 0 Å². The van der Waals surface area contributed by atoms with Crippen LogP contribution in [-0.4, -0.2) is 11.9 Å². The summed E-state index contributed by atoms with van der Waals surface area (Å²) in [5.74, 6) is 0. The van der Waals surface area contributed by atoms with Crippen molar-refractivity contribution in [1.29, 1.82) is 0 Å². The van der Waals surface area contributed by atoms with Crippen molar-refractivity contribution in [2.75, 3.05) is 0 Å². The van der Waals surface area contributed by atoms with Crippen molar-refractivity contribution in [2.45, 2.75) is 118 Å². The second-order valence-corrected chi connectivity index (χ2v) is 12.8. The van der Waals surface area contributed by atoms with Gasteiger partial charge in [0.1, 0.15) is 0 Å². The largest absolute Gasteiger partial charge is 0.255 e. The standard InChI is InChI=1S/C44H56N2/c1-6-9-11-13-14-18-28-40-31-41(32-43(37-23-19-15-20-24-37)44(40)38-25-21-16-22-26-38)45-33-34(4)46-42-29-36(8-3)35(5)39(30-42)27-17-12-10-7-2/h15-16,19-26,29-33H,6-14,17-18,27-28H2,1-5H3. The first-order chi connectivity index (χ1) is 22.5. The molecule has 0 fully saturated rings. The topological polar surface area (TPSA) is 24.7 Å². The fourth-order valence-electron chi connectivity index (χ4n) is 6.50. The molecule has 2 nitrogen and oxygen atoms in total. The second kappa shape index (κ2) is 19.0. The summed E-state index contributed by atoms with van der Waals surface area (Å²) in [5, 5.41) is 0. The molecule has 0 spiro atoms. The van der Waals surface area contributed by atoms with Crippen LogP contribution in [0.2, 0.25) is 0 Å². The lowest BCUT2D eigenvalue weighted by Crippen LogP contribution is -1.98. The van der Waals surface area contributed by atoms with Gasteiger partial charge in [0, 0.05) is 6.21 Å². The third-order valence-electron chi connectivity index (χ3n) is 9.15. The Bertz CT molecular complexity index is 1550. The van der Waals surface area contributed by atoms with Gasteiger partial charge in [0.2, 0.25) is 0 Å². The predicted octanol–water partition coefficient (Wildman–Crippen LogP) is 13.4. The maximum absolute atomic E-state index is 5.05. The molecular weight excluding hydrogens is 556 g/mol. The number of rotatable bonds is 18. The lowest BCUT2D eigenvalue weighted by molar-refractivity contribution is 0.608. The number of aliphatic imine (C=N–C) groups is 2. The normalized spacial score (nSPS) is 11.9. The number of unbranched alkanes of at least 4 members (excludes halogenated alkanes) is 8. The molecule has 0 N–H and O–H groups in total. The molecule has 0 amide bonds. The van der Waals surface area contributed by atoms with Gasteiger partial charge in [0.25, 0.3) is 0 Å². The van der Waals surface area contributed by atoms with Crippen LogP contribution < -0.4 is 0 Å². The zero-order valence-corrected chi connectivity index (χ0v) is 29.2. The molecule has 4 rings (SSSR count). The Labute approximate surface area is 280 Å². The monoisotopic (exact) mass is 612 g/mol. The van der Waals surface area contributed by atoms with Crippen LogP contribution in [0.25, 0.3) is 22.3 Å². The molecule has 46 heavy (non-hydrogen) atoms. The van der Waals surface area contributed by atoms with Gasteiger partial charge in [-0.25, -0.2) is 0 Å². The molecule has 4 aromatic rings. The molecule has 0 aliphatic rings. The van der Waals surface area contributed by atoms with Crippen molar-refractivity contribution in [3.05, 3.63) is 107 Å². The first-order valence-electron chi connectivity index (χ1n) is 18.0. The van der Waals surface area contributed by atoms with Gasteiger partial charge < -0.3 is 0 Å².